The summed E-state index contributed by atoms with van der Waals surface area (Å²) in [5, 5.41) is 13.3. The summed E-state index contributed by atoms with van der Waals surface area (Å²) in [4.78, 5) is 25.9. The van der Waals surface area contributed by atoms with Crippen LogP contribution < -0.4 is 15.5 Å². The average Bonchev–Trinajstić information content (AvgIpc) is 3.18. The Balaban J connectivity index is 0.00000182. The predicted octanol–water partition coefficient (Wildman–Crippen LogP) is 1.64. The third kappa shape index (κ3) is 3.12. The summed E-state index contributed by atoms with van der Waals surface area (Å²) in [7, 11) is 0. The van der Waals surface area contributed by atoms with Crippen molar-refractivity contribution < 1.29 is 9.59 Å². The third-order valence-electron chi connectivity index (χ3n) is 4.63. The molecule has 0 saturated carbocycles. The number of hydrogen-bond acceptors (Lipinski definition) is 4. The first-order valence-electron chi connectivity index (χ1n) is 8.12. The second-order valence-corrected chi connectivity index (χ2v) is 6.17. The zero-order valence-electron chi connectivity index (χ0n) is 13.9. The van der Waals surface area contributed by atoms with Crippen LogP contribution in [0.2, 0.25) is 0 Å². The molecule has 0 fully saturated rings. The van der Waals surface area contributed by atoms with Crippen molar-refractivity contribution in [1.29, 1.82) is 0 Å². The van der Waals surface area contributed by atoms with E-state index in [-0.39, 0.29) is 24.2 Å². The molecule has 0 unspecified atom stereocenters. The van der Waals surface area contributed by atoms with Gasteiger partial charge in [-0.3, -0.25) is 14.7 Å². The van der Waals surface area contributed by atoms with Crippen LogP contribution in [0.3, 0.4) is 0 Å². The lowest BCUT2D eigenvalue weighted by Crippen LogP contribution is -2.25. The maximum Gasteiger partial charge on any atom is 0.276 e. The van der Waals surface area contributed by atoms with Crippen LogP contribution in [-0.2, 0) is 24.2 Å². The van der Waals surface area contributed by atoms with Gasteiger partial charge < -0.3 is 15.5 Å². The van der Waals surface area contributed by atoms with E-state index in [0.29, 0.717) is 18.8 Å². The average molecular weight is 362 g/mol. The monoisotopic (exact) mass is 361 g/mol. The van der Waals surface area contributed by atoms with E-state index >= 15 is 0 Å². The summed E-state index contributed by atoms with van der Waals surface area (Å²) in [5.41, 5.74) is 5.16. The number of H-pyrrole nitrogens is 1. The van der Waals surface area contributed by atoms with Crippen molar-refractivity contribution in [1.82, 2.24) is 15.5 Å². The van der Waals surface area contributed by atoms with E-state index in [1.54, 1.807) is 11.8 Å². The number of halogens is 1. The van der Waals surface area contributed by atoms with Gasteiger partial charge in [-0.15, -0.1) is 12.4 Å². The summed E-state index contributed by atoms with van der Waals surface area (Å²) in [6, 6.07) is 5.66. The lowest BCUT2D eigenvalue weighted by Gasteiger charge is -2.15. The number of carbonyl (C=O) groups excluding carboxylic acids is 2. The number of aromatic nitrogens is 2. The predicted molar refractivity (Wildman–Crippen MR) is 97.4 cm³/mol. The molecule has 132 valence electrons. The molecule has 2 amide bonds. The van der Waals surface area contributed by atoms with Crippen LogP contribution in [0.15, 0.2) is 18.2 Å². The number of aromatic amines is 1. The smallest absolute Gasteiger partial charge is 0.276 e. The topological polar surface area (TPSA) is 90.1 Å². The van der Waals surface area contributed by atoms with Crippen molar-refractivity contribution in [2.24, 2.45) is 0 Å². The minimum atomic E-state index is -0.211. The Morgan fingerprint density at radius 3 is 2.92 bits per heavy atom. The summed E-state index contributed by atoms with van der Waals surface area (Å²) >= 11 is 0. The highest BCUT2D eigenvalue weighted by atomic mass is 35.5. The third-order valence-corrected chi connectivity index (χ3v) is 4.63. The van der Waals surface area contributed by atoms with E-state index in [2.05, 4.69) is 20.8 Å². The number of carbonyl (C=O) groups is 2. The van der Waals surface area contributed by atoms with Gasteiger partial charge in [-0.1, -0.05) is 0 Å². The lowest BCUT2D eigenvalue weighted by atomic mass is 10.1. The summed E-state index contributed by atoms with van der Waals surface area (Å²) in [6.07, 6.45) is 1.66. The fourth-order valence-electron chi connectivity index (χ4n) is 3.41. The number of nitrogens with one attached hydrogen (secondary N) is 3. The molecule has 2 aromatic rings. The normalized spacial score (nSPS) is 15.2. The first-order valence-corrected chi connectivity index (χ1v) is 8.12. The van der Waals surface area contributed by atoms with Crippen LogP contribution in [0.4, 0.5) is 11.4 Å². The van der Waals surface area contributed by atoms with E-state index in [4.69, 9.17) is 0 Å². The van der Waals surface area contributed by atoms with E-state index in [1.165, 1.54) is 0 Å². The molecular formula is C17H20ClN5O2. The maximum absolute atomic E-state index is 12.5. The van der Waals surface area contributed by atoms with Gasteiger partial charge in [-0.25, -0.2) is 0 Å². The van der Waals surface area contributed by atoms with Crippen LogP contribution >= 0.6 is 12.4 Å². The van der Waals surface area contributed by atoms with Crippen LogP contribution in [0.1, 0.15) is 34.2 Å². The molecule has 7 nitrogen and oxygen atoms in total. The highest BCUT2D eigenvalue weighted by molar-refractivity contribution is 6.04. The molecule has 1 aromatic heterocycles. The van der Waals surface area contributed by atoms with E-state index in [9.17, 15) is 9.59 Å². The zero-order valence-corrected chi connectivity index (χ0v) is 14.7. The maximum atomic E-state index is 12.5. The largest absolute Gasteiger partial charge is 0.321 e. The van der Waals surface area contributed by atoms with Gasteiger partial charge in [0.1, 0.15) is 0 Å². The Bertz CT molecular complexity index is 832. The Hall–Kier alpha value is -2.38. The summed E-state index contributed by atoms with van der Waals surface area (Å²) in [6.45, 7) is 3.82. The number of hydrogen-bond donors (Lipinski definition) is 3. The first-order chi connectivity index (χ1) is 11.6. The molecular weight excluding hydrogens is 342 g/mol. The molecule has 2 aliphatic rings. The second kappa shape index (κ2) is 6.85. The minimum Gasteiger partial charge on any atom is -0.321 e. The number of amides is 2. The minimum absolute atomic E-state index is 0. The van der Waals surface area contributed by atoms with E-state index < -0.39 is 0 Å². The van der Waals surface area contributed by atoms with Crippen molar-refractivity contribution in [2.75, 3.05) is 23.3 Å². The van der Waals surface area contributed by atoms with Gasteiger partial charge in [0.05, 0.1) is 0 Å². The highest BCUT2D eigenvalue weighted by Gasteiger charge is 2.24. The van der Waals surface area contributed by atoms with Gasteiger partial charge in [0.25, 0.3) is 5.91 Å². The Labute approximate surface area is 151 Å². The van der Waals surface area contributed by atoms with Gasteiger partial charge in [0.2, 0.25) is 5.91 Å². The highest BCUT2D eigenvalue weighted by Crippen LogP contribution is 2.30. The fraction of sp³-hybridized carbons (Fsp3) is 0.353. The Morgan fingerprint density at radius 1 is 1.28 bits per heavy atom. The van der Waals surface area contributed by atoms with Gasteiger partial charge >= 0.3 is 0 Å². The molecule has 0 bridgehead atoms. The number of fused-ring (bicyclic) bond motifs is 2. The molecule has 0 aliphatic carbocycles. The van der Waals surface area contributed by atoms with Crippen molar-refractivity contribution in [2.45, 2.75) is 26.3 Å². The molecule has 0 saturated heterocycles. The quantitative estimate of drug-likeness (QED) is 0.758. The molecule has 3 N–H and O–H groups in total. The summed E-state index contributed by atoms with van der Waals surface area (Å²) in [5.74, 6) is -0.168. The van der Waals surface area contributed by atoms with Crippen LogP contribution in [0.25, 0.3) is 0 Å². The number of rotatable bonds is 2. The van der Waals surface area contributed by atoms with Crippen molar-refractivity contribution >= 4 is 35.6 Å². The zero-order chi connectivity index (χ0) is 16.7. The molecule has 0 atom stereocenters. The van der Waals surface area contributed by atoms with Crippen LogP contribution in [0.5, 0.6) is 0 Å². The van der Waals surface area contributed by atoms with Gasteiger partial charge in [0.15, 0.2) is 5.69 Å². The fourth-order valence-corrected chi connectivity index (χ4v) is 3.41. The molecule has 0 spiro atoms. The second-order valence-electron chi connectivity index (χ2n) is 6.17. The van der Waals surface area contributed by atoms with Crippen LogP contribution in [-0.4, -0.2) is 35.1 Å². The number of anilines is 2. The van der Waals surface area contributed by atoms with Crippen molar-refractivity contribution in [3.05, 3.63) is 40.7 Å². The van der Waals surface area contributed by atoms with Gasteiger partial charge in [0, 0.05) is 55.6 Å². The van der Waals surface area contributed by atoms with E-state index in [0.717, 1.165) is 47.6 Å². The molecule has 3 heterocycles. The van der Waals surface area contributed by atoms with Crippen molar-refractivity contribution in [3.63, 3.8) is 0 Å². The standard InChI is InChI=1S/C17H19N5O2.ClH/c1-10(23)22-7-5-11-8-12(2-3-15(11)22)19-17(24)16-13-9-18-6-4-14(13)20-21-16;/h2-3,8,18H,4-7,9H2,1H3,(H,19,24)(H,20,21);1H. The SMILES string of the molecule is CC(=O)N1CCc2cc(NC(=O)c3n[nH]c4c3CNCC4)ccc21.Cl. The molecule has 25 heavy (non-hydrogen) atoms. The molecule has 2 aliphatic heterocycles. The molecule has 4 rings (SSSR count). The summed E-state index contributed by atoms with van der Waals surface area (Å²) < 4.78 is 0. The van der Waals surface area contributed by atoms with E-state index in [1.807, 2.05) is 18.2 Å². The first kappa shape index (κ1) is 17.4. The van der Waals surface area contributed by atoms with Gasteiger partial charge in [-0.2, -0.15) is 5.10 Å². The Morgan fingerprint density at radius 2 is 2.12 bits per heavy atom. The molecule has 0 radical (unpaired) electrons. The van der Waals surface area contributed by atoms with Crippen LogP contribution in [0, 0.1) is 0 Å². The van der Waals surface area contributed by atoms with Crippen molar-refractivity contribution in [3.8, 4) is 0 Å². The van der Waals surface area contributed by atoms with Gasteiger partial charge in [-0.05, 0) is 30.2 Å². The lowest BCUT2D eigenvalue weighted by molar-refractivity contribution is -0.116. The number of benzene rings is 1. The Kier molecular flexibility index (Phi) is 4.78. The molecule has 8 heteroatoms. The molecule has 1 aromatic carbocycles. The number of nitrogens with zero attached hydrogens (tertiary/aromatic N) is 2.